The minimum Gasteiger partial charge on any atom is -0.395 e. The lowest BCUT2D eigenvalue weighted by atomic mass is 10.0. The standard InChI is InChI=1S/C18H25NO2/c1-14(2)13-15(3)19(4)18(21)17-11-6-5-9-16(17)10-7-8-12-20/h5-6,9,11,14-15,20H,8,12-13H2,1-4H3. The monoisotopic (exact) mass is 287 g/mol. The first-order valence-electron chi connectivity index (χ1n) is 7.43. The summed E-state index contributed by atoms with van der Waals surface area (Å²) in [5.74, 6) is 6.40. The van der Waals surface area contributed by atoms with Crippen LogP contribution in [-0.2, 0) is 0 Å². The number of nitrogens with zero attached hydrogens (tertiary/aromatic N) is 1. The first-order chi connectivity index (χ1) is 9.97. The molecule has 0 saturated heterocycles. The summed E-state index contributed by atoms with van der Waals surface area (Å²) in [6.45, 7) is 6.42. The fourth-order valence-corrected chi connectivity index (χ4v) is 2.22. The lowest BCUT2D eigenvalue weighted by Crippen LogP contribution is -2.36. The summed E-state index contributed by atoms with van der Waals surface area (Å²) in [7, 11) is 1.84. The Labute approximate surface area is 128 Å². The van der Waals surface area contributed by atoms with Crippen molar-refractivity contribution in [3.8, 4) is 11.8 Å². The Morgan fingerprint density at radius 1 is 1.29 bits per heavy atom. The number of carbonyl (C=O) groups excluding carboxylic acids is 1. The van der Waals surface area contributed by atoms with E-state index < -0.39 is 0 Å². The van der Waals surface area contributed by atoms with Crippen LogP contribution in [0.2, 0.25) is 0 Å². The third kappa shape index (κ3) is 5.24. The van der Waals surface area contributed by atoms with E-state index in [2.05, 4.69) is 32.6 Å². The van der Waals surface area contributed by atoms with Crippen molar-refractivity contribution in [3.63, 3.8) is 0 Å². The van der Waals surface area contributed by atoms with E-state index in [0.29, 0.717) is 17.9 Å². The molecular formula is C18H25NO2. The number of carbonyl (C=O) groups is 1. The van der Waals surface area contributed by atoms with E-state index in [4.69, 9.17) is 5.11 Å². The van der Waals surface area contributed by atoms with Crippen LogP contribution in [0.5, 0.6) is 0 Å². The van der Waals surface area contributed by atoms with Crippen LogP contribution in [0, 0.1) is 17.8 Å². The van der Waals surface area contributed by atoms with Crippen molar-refractivity contribution in [1.82, 2.24) is 4.90 Å². The van der Waals surface area contributed by atoms with Gasteiger partial charge in [-0.1, -0.05) is 37.8 Å². The maximum Gasteiger partial charge on any atom is 0.255 e. The third-order valence-electron chi connectivity index (χ3n) is 3.41. The van der Waals surface area contributed by atoms with E-state index in [9.17, 15) is 4.79 Å². The highest BCUT2D eigenvalue weighted by Gasteiger charge is 2.20. The van der Waals surface area contributed by atoms with Crippen LogP contribution in [0.15, 0.2) is 24.3 Å². The van der Waals surface area contributed by atoms with Gasteiger partial charge in [-0.25, -0.2) is 0 Å². The molecule has 0 aliphatic heterocycles. The highest BCUT2D eigenvalue weighted by atomic mass is 16.2. The predicted octanol–water partition coefficient (Wildman–Crippen LogP) is 2.93. The highest BCUT2D eigenvalue weighted by Crippen LogP contribution is 2.15. The number of aliphatic hydroxyl groups is 1. The second-order valence-corrected chi connectivity index (χ2v) is 5.72. The van der Waals surface area contributed by atoms with Gasteiger partial charge in [0.15, 0.2) is 0 Å². The molecule has 0 aliphatic carbocycles. The van der Waals surface area contributed by atoms with E-state index >= 15 is 0 Å². The van der Waals surface area contributed by atoms with Gasteiger partial charge in [-0.05, 0) is 31.4 Å². The van der Waals surface area contributed by atoms with Gasteiger partial charge >= 0.3 is 0 Å². The van der Waals surface area contributed by atoms with Crippen molar-refractivity contribution in [3.05, 3.63) is 35.4 Å². The molecule has 0 bridgehead atoms. The van der Waals surface area contributed by atoms with E-state index in [1.807, 2.05) is 31.3 Å². The number of aliphatic hydroxyl groups excluding tert-OH is 1. The Morgan fingerprint density at radius 2 is 1.95 bits per heavy atom. The molecule has 1 rings (SSSR count). The first kappa shape index (κ1) is 17.3. The van der Waals surface area contributed by atoms with Gasteiger partial charge in [-0.15, -0.1) is 0 Å². The molecule has 21 heavy (non-hydrogen) atoms. The Kier molecular flexibility index (Phi) is 6.98. The summed E-state index contributed by atoms with van der Waals surface area (Å²) in [5, 5.41) is 8.79. The van der Waals surface area contributed by atoms with Gasteiger partial charge in [0, 0.05) is 25.1 Å². The molecule has 3 heteroatoms. The normalized spacial score (nSPS) is 11.7. The van der Waals surface area contributed by atoms with Crippen LogP contribution in [0.1, 0.15) is 49.5 Å². The Hall–Kier alpha value is -1.79. The van der Waals surface area contributed by atoms with E-state index in [1.165, 1.54) is 0 Å². The average molecular weight is 287 g/mol. The van der Waals surface area contributed by atoms with Crippen LogP contribution in [-0.4, -0.2) is 35.6 Å². The van der Waals surface area contributed by atoms with Crippen molar-refractivity contribution in [2.24, 2.45) is 5.92 Å². The number of hydrogen-bond acceptors (Lipinski definition) is 2. The lowest BCUT2D eigenvalue weighted by molar-refractivity contribution is 0.0728. The SMILES string of the molecule is CC(C)CC(C)N(C)C(=O)c1ccccc1C#CCCO. The van der Waals surface area contributed by atoms with E-state index in [1.54, 1.807) is 4.90 Å². The maximum atomic E-state index is 12.6. The van der Waals surface area contributed by atoms with Crippen LogP contribution >= 0.6 is 0 Å². The summed E-state index contributed by atoms with van der Waals surface area (Å²) < 4.78 is 0. The van der Waals surface area contributed by atoms with Crippen molar-refractivity contribution >= 4 is 5.91 Å². The molecule has 0 fully saturated rings. The minimum absolute atomic E-state index is 0.00273. The van der Waals surface area contributed by atoms with E-state index in [0.717, 1.165) is 12.0 Å². The van der Waals surface area contributed by atoms with Gasteiger partial charge in [0.1, 0.15) is 0 Å². The van der Waals surface area contributed by atoms with Crippen LogP contribution in [0.3, 0.4) is 0 Å². The van der Waals surface area contributed by atoms with Crippen LogP contribution in [0.4, 0.5) is 0 Å². The molecule has 1 aromatic rings. The summed E-state index contributed by atoms with van der Waals surface area (Å²) in [4.78, 5) is 14.4. The predicted molar refractivity (Wildman–Crippen MR) is 86.0 cm³/mol. The molecule has 114 valence electrons. The molecule has 0 heterocycles. The fraction of sp³-hybridized carbons (Fsp3) is 0.500. The summed E-state index contributed by atoms with van der Waals surface area (Å²) >= 11 is 0. The molecule has 0 spiro atoms. The van der Waals surface area contributed by atoms with Gasteiger partial charge in [0.25, 0.3) is 5.91 Å². The number of benzene rings is 1. The van der Waals surface area contributed by atoms with Crippen molar-refractivity contribution in [2.75, 3.05) is 13.7 Å². The summed E-state index contributed by atoms with van der Waals surface area (Å²) in [6, 6.07) is 7.57. The topological polar surface area (TPSA) is 40.5 Å². The van der Waals surface area contributed by atoms with Gasteiger partial charge in [0.05, 0.1) is 12.2 Å². The zero-order valence-electron chi connectivity index (χ0n) is 13.4. The summed E-state index contributed by atoms with van der Waals surface area (Å²) in [5.41, 5.74) is 1.35. The molecule has 0 saturated carbocycles. The molecule has 1 unspecified atom stereocenters. The molecule has 1 aromatic carbocycles. The lowest BCUT2D eigenvalue weighted by Gasteiger charge is -2.26. The zero-order chi connectivity index (χ0) is 15.8. The molecule has 1 amide bonds. The molecule has 0 aromatic heterocycles. The van der Waals surface area contributed by atoms with Crippen LogP contribution in [0.25, 0.3) is 0 Å². The fourth-order valence-electron chi connectivity index (χ4n) is 2.22. The summed E-state index contributed by atoms with van der Waals surface area (Å²) in [6.07, 6.45) is 1.39. The molecule has 1 N–H and O–H groups in total. The minimum atomic E-state index is -0.00273. The second kappa shape index (κ2) is 8.49. The third-order valence-corrected chi connectivity index (χ3v) is 3.41. The number of rotatable bonds is 5. The highest BCUT2D eigenvalue weighted by molar-refractivity contribution is 5.96. The first-order valence-corrected chi connectivity index (χ1v) is 7.43. The smallest absolute Gasteiger partial charge is 0.255 e. The molecular weight excluding hydrogens is 262 g/mol. The Bertz CT molecular complexity index is 526. The van der Waals surface area contributed by atoms with Gasteiger partial charge in [0.2, 0.25) is 0 Å². The van der Waals surface area contributed by atoms with Crippen molar-refractivity contribution in [1.29, 1.82) is 0 Å². The zero-order valence-corrected chi connectivity index (χ0v) is 13.4. The van der Waals surface area contributed by atoms with Gasteiger partial charge in [-0.2, -0.15) is 0 Å². The quantitative estimate of drug-likeness (QED) is 0.846. The number of amides is 1. The molecule has 3 nitrogen and oxygen atoms in total. The second-order valence-electron chi connectivity index (χ2n) is 5.72. The largest absolute Gasteiger partial charge is 0.395 e. The van der Waals surface area contributed by atoms with Crippen molar-refractivity contribution < 1.29 is 9.90 Å². The van der Waals surface area contributed by atoms with Crippen LogP contribution < -0.4 is 0 Å². The Balaban J connectivity index is 2.95. The van der Waals surface area contributed by atoms with E-state index in [-0.39, 0.29) is 18.6 Å². The van der Waals surface area contributed by atoms with Gasteiger partial charge < -0.3 is 10.0 Å². The number of hydrogen-bond donors (Lipinski definition) is 1. The maximum absolute atomic E-state index is 12.6. The molecule has 0 radical (unpaired) electrons. The van der Waals surface area contributed by atoms with Crippen molar-refractivity contribution in [2.45, 2.75) is 39.7 Å². The molecule has 0 aliphatic rings. The average Bonchev–Trinajstić information content (AvgIpc) is 2.46. The molecule has 1 atom stereocenters. The Morgan fingerprint density at radius 3 is 2.57 bits per heavy atom. The van der Waals surface area contributed by atoms with Gasteiger partial charge in [-0.3, -0.25) is 4.79 Å².